The third kappa shape index (κ3) is 5.36. The second-order valence-electron chi connectivity index (χ2n) is 4.69. The molecule has 0 aliphatic carbocycles. The highest BCUT2D eigenvalue weighted by Crippen LogP contribution is 2.12. The molecule has 20 heavy (non-hydrogen) atoms. The standard InChI is InChI=1S/C14H21FN4.BrH/c1-19(13-6-4-12(15)5-7-13)11-3-10-18-14-16-8-2-9-17-14;/h4-7H,2-3,8-11H2,1H3,(H2,16,17,18);1H. The molecular weight excluding hydrogens is 323 g/mol. The quantitative estimate of drug-likeness (QED) is 0.804. The van der Waals surface area contributed by atoms with E-state index >= 15 is 0 Å². The number of anilines is 1. The summed E-state index contributed by atoms with van der Waals surface area (Å²) in [6.07, 6.45) is 2.12. The van der Waals surface area contributed by atoms with Gasteiger partial charge in [-0.15, -0.1) is 17.0 Å². The molecule has 2 rings (SSSR count). The Balaban J connectivity index is 0.00000200. The lowest BCUT2D eigenvalue weighted by Crippen LogP contribution is -2.41. The first kappa shape index (κ1) is 16.8. The summed E-state index contributed by atoms with van der Waals surface area (Å²) in [4.78, 5) is 6.48. The molecule has 6 heteroatoms. The van der Waals surface area contributed by atoms with Crippen LogP contribution in [-0.4, -0.2) is 39.2 Å². The summed E-state index contributed by atoms with van der Waals surface area (Å²) in [6, 6.07) is 6.58. The zero-order valence-corrected chi connectivity index (χ0v) is 13.4. The summed E-state index contributed by atoms with van der Waals surface area (Å²) in [5.74, 6) is 0.718. The van der Waals surface area contributed by atoms with E-state index in [1.807, 2.05) is 7.05 Å². The summed E-state index contributed by atoms with van der Waals surface area (Å²) in [6.45, 7) is 3.72. The fourth-order valence-corrected chi connectivity index (χ4v) is 2.00. The molecular formula is C14H22BrFN4. The lowest BCUT2D eigenvalue weighted by molar-refractivity contribution is 0.627. The molecule has 0 fully saturated rings. The average molecular weight is 345 g/mol. The summed E-state index contributed by atoms with van der Waals surface area (Å²) >= 11 is 0. The van der Waals surface area contributed by atoms with Gasteiger partial charge in [0.25, 0.3) is 0 Å². The fraction of sp³-hybridized carbons (Fsp3) is 0.500. The summed E-state index contributed by atoms with van der Waals surface area (Å²) in [7, 11) is 2.02. The fourth-order valence-electron chi connectivity index (χ4n) is 2.00. The van der Waals surface area contributed by atoms with Crippen LogP contribution in [0.5, 0.6) is 0 Å². The number of hydrogen-bond donors (Lipinski definition) is 2. The van der Waals surface area contributed by atoms with E-state index < -0.39 is 0 Å². The second kappa shape index (κ2) is 8.79. The van der Waals surface area contributed by atoms with Crippen molar-refractivity contribution in [2.75, 3.05) is 38.1 Å². The molecule has 0 saturated heterocycles. The molecule has 0 unspecified atom stereocenters. The van der Waals surface area contributed by atoms with E-state index in [9.17, 15) is 4.39 Å². The number of halogens is 2. The van der Waals surface area contributed by atoms with Crippen LogP contribution in [-0.2, 0) is 0 Å². The Labute approximate surface area is 130 Å². The zero-order valence-electron chi connectivity index (χ0n) is 11.7. The summed E-state index contributed by atoms with van der Waals surface area (Å²) in [5.41, 5.74) is 1.04. The van der Waals surface area contributed by atoms with Crippen LogP contribution in [0.1, 0.15) is 12.8 Å². The van der Waals surface area contributed by atoms with E-state index in [4.69, 9.17) is 0 Å². The van der Waals surface area contributed by atoms with Crippen LogP contribution in [0, 0.1) is 5.82 Å². The number of benzene rings is 1. The maximum atomic E-state index is 12.8. The molecule has 0 amide bonds. The van der Waals surface area contributed by atoms with Gasteiger partial charge in [0.2, 0.25) is 0 Å². The van der Waals surface area contributed by atoms with Crippen molar-refractivity contribution in [3.63, 3.8) is 0 Å². The molecule has 1 heterocycles. The minimum absolute atomic E-state index is 0. The van der Waals surface area contributed by atoms with E-state index in [0.717, 1.165) is 50.7 Å². The van der Waals surface area contributed by atoms with Gasteiger partial charge in [-0.2, -0.15) is 0 Å². The van der Waals surface area contributed by atoms with Gasteiger partial charge < -0.3 is 15.5 Å². The van der Waals surface area contributed by atoms with Crippen molar-refractivity contribution >= 4 is 28.6 Å². The van der Waals surface area contributed by atoms with Crippen molar-refractivity contribution in [1.29, 1.82) is 0 Å². The maximum absolute atomic E-state index is 12.8. The van der Waals surface area contributed by atoms with Crippen LogP contribution in [0.25, 0.3) is 0 Å². The van der Waals surface area contributed by atoms with Crippen molar-refractivity contribution in [3.05, 3.63) is 30.1 Å². The van der Waals surface area contributed by atoms with Gasteiger partial charge in [-0.25, -0.2) is 4.39 Å². The highest BCUT2D eigenvalue weighted by Gasteiger charge is 2.03. The molecule has 4 nitrogen and oxygen atoms in total. The third-order valence-corrected chi connectivity index (χ3v) is 3.13. The SMILES string of the molecule is Br.CN(CCCNC1=NCCCN1)c1ccc(F)cc1. The highest BCUT2D eigenvalue weighted by atomic mass is 79.9. The van der Waals surface area contributed by atoms with Gasteiger partial charge in [-0.1, -0.05) is 0 Å². The third-order valence-electron chi connectivity index (χ3n) is 3.13. The Morgan fingerprint density at radius 1 is 1.35 bits per heavy atom. The molecule has 1 aliphatic rings. The number of rotatable bonds is 5. The summed E-state index contributed by atoms with van der Waals surface area (Å²) < 4.78 is 12.8. The van der Waals surface area contributed by atoms with Crippen LogP contribution in [0.2, 0.25) is 0 Å². The first-order valence-electron chi connectivity index (χ1n) is 6.74. The van der Waals surface area contributed by atoms with Crippen molar-refractivity contribution in [2.45, 2.75) is 12.8 Å². The first-order valence-corrected chi connectivity index (χ1v) is 6.74. The predicted octanol–water partition coefficient (Wildman–Crippen LogP) is 2.17. The number of guanidine groups is 1. The first-order chi connectivity index (χ1) is 9.25. The Kier molecular flexibility index (Phi) is 7.36. The largest absolute Gasteiger partial charge is 0.375 e. The Bertz CT molecular complexity index is 422. The number of hydrogen-bond acceptors (Lipinski definition) is 4. The van der Waals surface area contributed by atoms with Crippen LogP contribution in [0.3, 0.4) is 0 Å². The maximum Gasteiger partial charge on any atom is 0.191 e. The minimum Gasteiger partial charge on any atom is -0.375 e. The molecule has 1 aromatic rings. The highest BCUT2D eigenvalue weighted by molar-refractivity contribution is 8.93. The molecule has 112 valence electrons. The van der Waals surface area contributed by atoms with Crippen molar-refractivity contribution in [3.8, 4) is 0 Å². The smallest absolute Gasteiger partial charge is 0.191 e. The van der Waals surface area contributed by atoms with E-state index in [0.29, 0.717) is 0 Å². The monoisotopic (exact) mass is 344 g/mol. The van der Waals surface area contributed by atoms with Crippen molar-refractivity contribution < 1.29 is 4.39 Å². The molecule has 1 aliphatic heterocycles. The Morgan fingerprint density at radius 3 is 2.75 bits per heavy atom. The van der Waals surface area contributed by atoms with Crippen molar-refractivity contribution in [1.82, 2.24) is 10.6 Å². The predicted molar refractivity (Wildman–Crippen MR) is 87.5 cm³/mol. The number of aliphatic imine (C=N–C) groups is 1. The average Bonchev–Trinajstić information content (AvgIpc) is 2.45. The Hall–Kier alpha value is -1.30. The molecule has 0 bridgehead atoms. The van der Waals surface area contributed by atoms with Crippen LogP contribution < -0.4 is 15.5 Å². The molecule has 1 aromatic carbocycles. The lowest BCUT2D eigenvalue weighted by atomic mass is 10.2. The van der Waals surface area contributed by atoms with Crippen LogP contribution >= 0.6 is 17.0 Å². The molecule has 0 atom stereocenters. The van der Waals surface area contributed by atoms with Gasteiger partial charge in [0.1, 0.15) is 5.82 Å². The van der Waals surface area contributed by atoms with Crippen LogP contribution in [0.15, 0.2) is 29.3 Å². The lowest BCUT2D eigenvalue weighted by Gasteiger charge is -2.20. The van der Waals surface area contributed by atoms with E-state index in [1.54, 1.807) is 12.1 Å². The molecule has 0 aromatic heterocycles. The number of nitrogens with zero attached hydrogens (tertiary/aromatic N) is 2. The zero-order chi connectivity index (χ0) is 13.5. The normalized spacial score (nSPS) is 13.8. The number of nitrogens with one attached hydrogen (secondary N) is 2. The molecule has 0 radical (unpaired) electrons. The van der Waals surface area contributed by atoms with Gasteiger partial charge in [-0.05, 0) is 37.1 Å². The van der Waals surface area contributed by atoms with Gasteiger partial charge in [0, 0.05) is 38.9 Å². The van der Waals surface area contributed by atoms with Crippen LogP contribution in [0.4, 0.5) is 10.1 Å². The molecule has 2 N–H and O–H groups in total. The van der Waals surface area contributed by atoms with Crippen molar-refractivity contribution in [2.24, 2.45) is 4.99 Å². The Morgan fingerprint density at radius 2 is 2.10 bits per heavy atom. The minimum atomic E-state index is -0.194. The topological polar surface area (TPSA) is 39.7 Å². The molecule has 0 spiro atoms. The van der Waals surface area contributed by atoms with E-state index in [2.05, 4.69) is 20.5 Å². The molecule has 0 saturated carbocycles. The van der Waals surface area contributed by atoms with Gasteiger partial charge in [0.05, 0.1) is 0 Å². The van der Waals surface area contributed by atoms with Gasteiger partial charge >= 0.3 is 0 Å². The van der Waals surface area contributed by atoms with E-state index in [1.165, 1.54) is 12.1 Å². The van der Waals surface area contributed by atoms with Gasteiger partial charge in [0.15, 0.2) is 5.96 Å². The van der Waals surface area contributed by atoms with E-state index in [-0.39, 0.29) is 22.8 Å². The van der Waals surface area contributed by atoms with Gasteiger partial charge in [-0.3, -0.25) is 4.99 Å². The second-order valence-corrected chi connectivity index (χ2v) is 4.69. The summed E-state index contributed by atoms with van der Waals surface area (Å²) in [5, 5.41) is 6.52.